The minimum atomic E-state index is -0.802. The summed E-state index contributed by atoms with van der Waals surface area (Å²) in [7, 11) is 1.84. The second kappa shape index (κ2) is 5.20. The maximum Gasteiger partial charge on any atom is 0.305 e. The number of aromatic nitrogens is 2. The van der Waals surface area contributed by atoms with Gasteiger partial charge in [-0.05, 0) is 19.8 Å². The molecule has 0 aliphatic heterocycles. The van der Waals surface area contributed by atoms with E-state index in [1.54, 1.807) is 0 Å². The third-order valence-corrected chi connectivity index (χ3v) is 2.81. The lowest BCUT2D eigenvalue weighted by Crippen LogP contribution is -2.22. The first-order valence-electron chi connectivity index (χ1n) is 6.10. The minimum Gasteiger partial charge on any atom is -0.481 e. The summed E-state index contributed by atoms with van der Waals surface area (Å²) in [6.07, 6.45) is 2.48. The Kier molecular flexibility index (Phi) is 3.64. The Balaban J connectivity index is 2.05. The van der Waals surface area contributed by atoms with E-state index in [9.17, 15) is 4.79 Å². The summed E-state index contributed by atoms with van der Waals surface area (Å²) in [6, 6.07) is 2.41. The highest BCUT2D eigenvalue weighted by atomic mass is 16.4. The molecule has 0 bridgehead atoms. The minimum absolute atomic E-state index is 0.102. The maximum atomic E-state index is 10.6. The molecule has 2 N–H and O–H groups in total. The monoisotopic (exact) mass is 250 g/mol. The first kappa shape index (κ1) is 12.6. The third-order valence-electron chi connectivity index (χ3n) is 2.81. The topological polar surface area (TPSA) is 78.4 Å². The van der Waals surface area contributed by atoms with Gasteiger partial charge in [0.05, 0.1) is 6.42 Å². The summed E-state index contributed by atoms with van der Waals surface area (Å²) in [4.78, 5) is 21.0. The molecule has 1 aliphatic rings. The highest BCUT2D eigenvalue weighted by molar-refractivity contribution is 5.67. The van der Waals surface area contributed by atoms with Gasteiger partial charge in [0, 0.05) is 25.7 Å². The van der Waals surface area contributed by atoms with Crippen molar-refractivity contribution in [1.82, 2.24) is 9.97 Å². The molecule has 0 amide bonds. The molecule has 2 rings (SSSR count). The van der Waals surface area contributed by atoms with Crippen LogP contribution in [0.1, 0.15) is 25.1 Å². The number of aliphatic carboxylic acids is 1. The lowest BCUT2D eigenvalue weighted by molar-refractivity contribution is -0.136. The van der Waals surface area contributed by atoms with E-state index in [0.29, 0.717) is 18.4 Å². The Labute approximate surface area is 106 Å². The van der Waals surface area contributed by atoms with Gasteiger partial charge in [-0.2, -0.15) is 0 Å². The van der Waals surface area contributed by atoms with Gasteiger partial charge in [0.15, 0.2) is 0 Å². The average molecular weight is 250 g/mol. The molecule has 1 saturated carbocycles. The van der Waals surface area contributed by atoms with Gasteiger partial charge in [-0.25, -0.2) is 9.97 Å². The molecule has 0 unspecified atom stereocenters. The van der Waals surface area contributed by atoms with E-state index < -0.39 is 5.97 Å². The van der Waals surface area contributed by atoms with E-state index in [4.69, 9.17) is 5.11 Å². The first-order valence-corrected chi connectivity index (χ1v) is 6.10. The van der Waals surface area contributed by atoms with Crippen LogP contribution in [-0.4, -0.2) is 40.7 Å². The van der Waals surface area contributed by atoms with Gasteiger partial charge in [-0.3, -0.25) is 4.79 Å². The summed E-state index contributed by atoms with van der Waals surface area (Å²) in [6.45, 7) is 2.28. The lowest BCUT2D eigenvalue weighted by atomic mass is 10.4. The smallest absolute Gasteiger partial charge is 0.305 e. The Morgan fingerprint density at radius 1 is 1.56 bits per heavy atom. The first-order chi connectivity index (χ1) is 8.54. The number of hydrogen-bond donors (Lipinski definition) is 2. The molecule has 6 nitrogen and oxygen atoms in total. The van der Waals surface area contributed by atoms with Crippen LogP contribution in [0, 0.1) is 6.92 Å². The van der Waals surface area contributed by atoms with Crippen LogP contribution in [0.25, 0.3) is 0 Å². The fraction of sp³-hybridized carbons (Fsp3) is 0.583. The van der Waals surface area contributed by atoms with Crippen molar-refractivity contribution in [2.24, 2.45) is 0 Å². The van der Waals surface area contributed by atoms with E-state index >= 15 is 0 Å². The zero-order valence-corrected chi connectivity index (χ0v) is 10.7. The van der Waals surface area contributed by atoms with Gasteiger partial charge < -0.3 is 15.3 Å². The SMILES string of the molecule is Cc1nc(NC2CC2)cc(N(C)CCC(=O)O)n1. The van der Waals surface area contributed by atoms with Crippen LogP contribution in [0.5, 0.6) is 0 Å². The van der Waals surface area contributed by atoms with Crippen molar-refractivity contribution in [2.75, 3.05) is 23.8 Å². The average Bonchev–Trinajstić information content (AvgIpc) is 3.08. The van der Waals surface area contributed by atoms with Crippen molar-refractivity contribution in [1.29, 1.82) is 0 Å². The third kappa shape index (κ3) is 3.58. The van der Waals surface area contributed by atoms with Crippen LogP contribution in [-0.2, 0) is 4.79 Å². The molecule has 0 radical (unpaired) electrons. The Bertz CT molecular complexity index is 446. The zero-order valence-electron chi connectivity index (χ0n) is 10.7. The number of carboxylic acid groups (broad SMARTS) is 1. The number of carboxylic acids is 1. The molecule has 1 heterocycles. The summed E-state index contributed by atoms with van der Waals surface area (Å²) < 4.78 is 0. The predicted molar refractivity (Wildman–Crippen MR) is 68.9 cm³/mol. The van der Waals surface area contributed by atoms with Crippen LogP contribution >= 0.6 is 0 Å². The molecule has 0 saturated heterocycles. The Morgan fingerprint density at radius 3 is 2.89 bits per heavy atom. The van der Waals surface area contributed by atoms with Crippen LogP contribution in [0.4, 0.5) is 11.6 Å². The summed E-state index contributed by atoms with van der Waals surface area (Å²) in [5.74, 6) is 1.47. The van der Waals surface area contributed by atoms with Crippen LogP contribution in [0.3, 0.4) is 0 Å². The second-order valence-electron chi connectivity index (χ2n) is 4.64. The predicted octanol–water partition coefficient (Wildman–Crippen LogP) is 1.27. The molecule has 98 valence electrons. The molecule has 18 heavy (non-hydrogen) atoms. The summed E-state index contributed by atoms with van der Waals surface area (Å²) >= 11 is 0. The Hall–Kier alpha value is -1.85. The number of aryl methyl sites for hydroxylation is 1. The quantitative estimate of drug-likeness (QED) is 0.791. The number of nitrogens with one attached hydrogen (secondary N) is 1. The molecule has 0 spiro atoms. The standard InChI is InChI=1S/C12H18N4O2/c1-8-13-10(15-9-3-4-9)7-11(14-8)16(2)6-5-12(17)18/h7,9H,3-6H2,1-2H3,(H,17,18)(H,13,14,15). The number of anilines is 2. The molecule has 1 aromatic heterocycles. The van der Waals surface area contributed by atoms with Crippen LogP contribution in [0.2, 0.25) is 0 Å². The number of hydrogen-bond acceptors (Lipinski definition) is 5. The molecule has 1 aliphatic carbocycles. The van der Waals surface area contributed by atoms with Crippen molar-refractivity contribution >= 4 is 17.6 Å². The zero-order chi connectivity index (χ0) is 13.1. The van der Waals surface area contributed by atoms with E-state index in [0.717, 1.165) is 11.6 Å². The molecule has 1 fully saturated rings. The maximum absolute atomic E-state index is 10.6. The van der Waals surface area contributed by atoms with Crippen LogP contribution < -0.4 is 10.2 Å². The molecular formula is C12H18N4O2. The van der Waals surface area contributed by atoms with Crippen molar-refractivity contribution < 1.29 is 9.90 Å². The Morgan fingerprint density at radius 2 is 2.28 bits per heavy atom. The van der Waals surface area contributed by atoms with Crippen molar-refractivity contribution in [3.8, 4) is 0 Å². The van der Waals surface area contributed by atoms with Gasteiger partial charge in [0.2, 0.25) is 0 Å². The highest BCUT2D eigenvalue weighted by Gasteiger charge is 2.21. The lowest BCUT2D eigenvalue weighted by Gasteiger charge is -2.18. The number of rotatable bonds is 6. The van der Waals surface area contributed by atoms with Crippen molar-refractivity contribution in [3.05, 3.63) is 11.9 Å². The molecular weight excluding hydrogens is 232 g/mol. The van der Waals surface area contributed by atoms with E-state index in [1.807, 2.05) is 24.9 Å². The normalized spacial score (nSPS) is 14.3. The van der Waals surface area contributed by atoms with Crippen molar-refractivity contribution in [3.63, 3.8) is 0 Å². The number of carbonyl (C=O) groups is 1. The molecule has 0 aromatic carbocycles. The van der Waals surface area contributed by atoms with E-state index in [2.05, 4.69) is 15.3 Å². The second-order valence-corrected chi connectivity index (χ2v) is 4.64. The largest absolute Gasteiger partial charge is 0.481 e. The molecule has 1 aromatic rings. The van der Waals surface area contributed by atoms with Gasteiger partial charge in [-0.15, -0.1) is 0 Å². The fourth-order valence-corrected chi connectivity index (χ4v) is 1.64. The van der Waals surface area contributed by atoms with Crippen LogP contribution in [0.15, 0.2) is 6.07 Å². The van der Waals surface area contributed by atoms with Crippen molar-refractivity contribution in [2.45, 2.75) is 32.2 Å². The number of nitrogens with zero attached hydrogens (tertiary/aromatic N) is 3. The fourth-order valence-electron chi connectivity index (χ4n) is 1.64. The van der Waals surface area contributed by atoms with Gasteiger partial charge in [0.25, 0.3) is 0 Å². The summed E-state index contributed by atoms with van der Waals surface area (Å²) in [5.41, 5.74) is 0. The van der Waals surface area contributed by atoms with Gasteiger partial charge in [0.1, 0.15) is 17.5 Å². The molecule has 6 heteroatoms. The van der Waals surface area contributed by atoms with E-state index in [-0.39, 0.29) is 6.42 Å². The summed E-state index contributed by atoms with van der Waals surface area (Å²) in [5, 5.41) is 12.0. The highest BCUT2D eigenvalue weighted by Crippen LogP contribution is 2.25. The van der Waals surface area contributed by atoms with Gasteiger partial charge in [-0.1, -0.05) is 0 Å². The van der Waals surface area contributed by atoms with Gasteiger partial charge >= 0.3 is 5.97 Å². The van der Waals surface area contributed by atoms with E-state index in [1.165, 1.54) is 12.8 Å². The molecule has 0 atom stereocenters.